The number of nitrogens with one attached hydrogen (secondary N) is 1. The highest BCUT2D eigenvalue weighted by Crippen LogP contribution is 2.24. The summed E-state index contributed by atoms with van der Waals surface area (Å²) in [6, 6.07) is 10.3. The zero-order valence-corrected chi connectivity index (χ0v) is 14.5. The molecule has 1 N–H and O–H groups in total. The van der Waals surface area contributed by atoms with Crippen molar-refractivity contribution in [3.63, 3.8) is 0 Å². The first-order valence-corrected chi connectivity index (χ1v) is 7.83. The monoisotopic (exact) mass is 313 g/mol. The van der Waals surface area contributed by atoms with Gasteiger partial charge in [-0.25, -0.2) is 4.39 Å². The third-order valence-electron chi connectivity index (χ3n) is 3.70. The van der Waals surface area contributed by atoms with Crippen molar-refractivity contribution in [3.05, 3.63) is 64.5 Å². The summed E-state index contributed by atoms with van der Waals surface area (Å²) < 4.78 is 13.8. The van der Waals surface area contributed by atoms with Crippen LogP contribution in [-0.4, -0.2) is 5.91 Å². The quantitative estimate of drug-likeness (QED) is 0.820. The summed E-state index contributed by atoms with van der Waals surface area (Å²) in [4.78, 5) is 12.4. The Kier molecular flexibility index (Phi) is 4.88. The molecular formula is C20H24FNO. The molecule has 0 aliphatic carbocycles. The number of rotatable bonds is 3. The van der Waals surface area contributed by atoms with Crippen LogP contribution < -0.4 is 5.32 Å². The van der Waals surface area contributed by atoms with Gasteiger partial charge in [-0.3, -0.25) is 4.79 Å². The van der Waals surface area contributed by atoms with E-state index in [1.165, 1.54) is 11.6 Å². The predicted molar refractivity (Wildman–Crippen MR) is 93.4 cm³/mol. The van der Waals surface area contributed by atoms with Crippen LogP contribution in [0.2, 0.25) is 0 Å². The highest BCUT2D eigenvalue weighted by Gasteiger charge is 2.16. The SMILES string of the molecule is Cc1ccc(F)c(NC(=O)c2ccc(C)c(CC(C)(C)C)c2)c1. The maximum Gasteiger partial charge on any atom is 0.255 e. The normalized spacial score (nSPS) is 11.4. The van der Waals surface area contributed by atoms with Crippen LogP contribution in [0.3, 0.4) is 0 Å². The van der Waals surface area contributed by atoms with Crippen LogP contribution in [0.5, 0.6) is 0 Å². The van der Waals surface area contributed by atoms with Gasteiger partial charge >= 0.3 is 0 Å². The highest BCUT2D eigenvalue weighted by molar-refractivity contribution is 6.04. The molecule has 1 amide bonds. The smallest absolute Gasteiger partial charge is 0.255 e. The number of benzene rings is 2. The summed E-state index contributed by atoms with van der Waals surface area (Å²) in [6.07, 6.45) is 0.888. The van der Waals surface area contributed by atoms with E-state index >= 15 is 0 Å². The zero-order valence-electron chi connectivity index (χ0n) is 14.5. The Labute approximate surface area is 137 Å². The molecule has 0 atom stereocenters. The van der Waals surface area contributed by atoms with E-state index in [1.807, 2.05) is 26.0 Å². The number of carbonyl (C=O) groups is 1. The number of amides is 1. The van der Waals surface area contributed by atoms with Crippen LogP contribution in [0.25, 0.3) is 0 Å². The molecule has 2 aromatic rings. The first-order valence-electron chi connectivity index (χ1n) is 7.83. The molecule has 3 heteroatoms. The molecular weight excluding hydrogens is 289 g/mol. The Hall–Kier alpha value is -2.16. The van der Waals surface area contributed by atoms with Crippen molar-refractivity contribution in [2.24, 2.45) is 5.41 Å². The Morgan fingerprint density at radius 2 is 1.78 bits per heavy atom. The molecule has 122 valence electrons. The van der Waals surface area contributed by atoms with Gasteiger partial charge in [0.05, 0.1) is 5.69 Å². The highest BCUT2D eigenvalue weighted by atomic mass is 19.1. The summed E-state index contributed by atoms with van der Waals surface area (Å²) >= 11 is 0. The molecule has 23 heavy (non-hydrogen) atoms. The minimum Gasteiger partial charge on any atom is -0.319 e. The largest absolute Gasteiger partial charge is 0.319 e. The van der Waals surface area contributed by atoms with Crippen LogP contribution in [0.4, 0.5) is 10.1 Å². The Morgan fingerprint density at radius 1 is 1.09 bits per heavy atom. The van der Waals surface area contributed by atoms with Gasteiger partial charge in [-0.2, -0.15) is 0 Å². The molecule has 0 aliphatic heterocycles. The lowest BCUT2D eigenvalue weighted by Crippen LogP contribution is -2.15. The maximum atomic E-state index is 13.8. The number of hydrogen-bond acceptors (Lipinski definition) is 1. The molecule has 0 bridgehead atoms. The molecule has 0 fully saturated rings. The molecule has 0 heterocycles. The van der Waals surface area contributed by atoms with Crippen molar-refractivity contribution < 1.29 is 9.18 Å². The van der Waals surface area contributed by atoms with E-state index in [1.54, 1.807) is 18.2 Å². The lowest BCUT2D eigenvalue weighted by Gasteiger charge is -2.20. The first kappa shape index (κ1) is 17.2. The van der Waals surface area contributed by atoms with E-state index in [-0.39, 0.29) is 17.0 Å². The second kappa shape index (κ2) is 6.53. The fraction of sp³-hybridized carbons (Fsp3) is 0.350. The van der Waals surface area contributed by atoms with E-state index < -0.39 is 5.82 Å². The van der Waals surface area contributed by atoms with Gasteiger partial charge in [-0.05, 0) is 66.6 Å². The van der Waals surface area contributed by atoms with Crippen molar-refractivity contribution in [3.8, 4) is 0 Å². The van der Waals surface area contributed by atoms with Gasteiger partial charge in [0.1, 0.15) is 5.82 Å². The summed E-state index contributed by atoms with van der Waals surface area (Å²) in [7, 11) is 0. The molecule has 0 aromatic heterocycles. The van der Waals surface area contributed by atoms with Crippen molar-refractivity contribution >= 4 is 11.6 Å². The minimum atomic E-state index is -0.425. The maximum absolute atomic E-state index is 13.8. The van der Waals surface area contributed by atoms with Crippen molar-refractivity contribution in [2.45, 2.75) is 41.0 Å². The number of anilines is 1. The Morgan fingerprint density at radius 3 is 2.43 bits per heavy atom. The van der Waals surface area contributed by atoms with Crippen LogP contribution in [0, 0.1) is 25.1 Å². The van der Waals surface area contributed by atoms with E-state index in [4.69, 9.17) is 0 Å². The van der Waals surface area contributed by atoms with Gasteiger partial charge in [-0.15, -0.1) is 0 Å². The molecule has 0 saturated carbocycles. The third kappa shape index (κ3) is 4.65. The third-order valence-corrected chi connectivity index (χ3v) is 3.70. The van der Waals surface area contributed by atoms with Crippen LogP contribution >= 0.6 is 0 Å². The lowest BCUT2D eigenvalue weighted by molar-refractivity contribution is 0.102. The van der Waals surface area contributed by atoms with E-state index in [9.17, 15) is 9.18 Å². The molecule has 0 aliphatic rings. The average Bonchev–Trinajstić information content (AvgIpc) is 2.43. The van der Waals surface area contributed by atoms with Gasteiger partial charge in [0.25, 0.3) is 5.91 Å². The minimum absolute atomic E-state index is 0.141. The summed E-state index contributed by atoms with van der Waals surface area (Å²) in [5.74, 6) is -0.712. The summed E-state index contributed by atoms with van der Waals surface area (Å²) in [5, 5.41) is 2.66. The van der Waals surface area contributed by atoms with E-state index in [0.717, 1.165) is 17.5 Å². The molecule has 0 radical (unpaired) electrons. The molecule has 2 aromatic carbocycles. The molecule has 2 nitrogen and oxygen atoms in total. The number of hydrogen-bond donors (Lipinski definition) is 1. The summed E-state index contributed by atoms with van der Waals surface area (Å²) in [6.45, 7) is 10.4. The Balaban J connectivity index is 2.26. The molecule has 0 spiro atoms. The van der Waals surface area contributed by atoms with Gasteiger partial charge < -0.3 is 5.32 Å². The van der Waals surface area contributed by atoms with Crippen LogP contribution in [-0.2, 0) is 6.42 Å². The summed E-state index contributed by atoms with van der Waals surface area (Å²) in [5.41, 5.74) is 4.12. The van der Waals surface area contributed by atoms with Gasteiger partial charge in [0.15, 0.2) is 0 Å². The van der Waals surface area contributed by atoms with Gasteiger partial charge in [0, 0.05) is 5.56 Å². The van der Waals surface area contributed by atoms with Gasteiger partial charge in [-0.1, -0.05) is 32.9 Å². The van der Waals surface area contributed by atoms with Crippen molar-refractivity contribution in [2.75, 3.05) is 5.32 Å². The fourth-order valence-corrected chi connectivity index (χ4v) is 2.50. The second-order valence-electron chi connectivity index (χ2n) is 7.32. The van der Waals surface area contributed by atoms with E-state index in [0.29, 0.717) is 5.56 Å². The van der Waals surface area contributed by atoms with Crippen LogP contribution in [0.1, 0.15) is 47.8 Å². The fourth-order valence-electron chi connectivity index (χ4n) is 2.50. The molecule has 2 rings (SSSR count). The molecule has 0 unspecified atom stereocenters. The number of aryl methyl sites for hydroxylation is 2. The second-order valence-corrected chi connectivity index (χ2v) is 7.32. The molecule has 0 saturated heterocycles. The van der Waals surface area contributed by atoms with E-state index in [2.05, 4.69) is 26.1 Å². The zero-order chi connectivity index (χ0) is 17.2. The standard InChI is InChI=1S/C20H24FNO/c1-13-6-9-17(21)18(10-13)22-19(23)15-8-7-14(2)16(11-15)12-20(3,4)5/h6-11H,12H2,1-5H3,(H,22,23). The number of halogens is 1. The van der Waals surface area contributed by atoms with Crippen LogP contribution in [0.15, 0.2) is 36.4 Å². The van der Waals surface area contributed by atoms with Crippen molar-refractivity contribution in [1.29, 1.82) is 0 Å². The van der Waals surface area contributed by atoms with Crippen molar-refractivity contribution in [1.82, 2.24) is 0 Å². The number of carbonyl (C=O) groups excluding carboxylic acids is 1. The first-order chi connectivity index (χ1) is 10.7. The topological polar surface area (TPSA) is 29.1 Å². The van der Waals surface area contributed by atoms with Gasteiger partial charge in [0.2, 0.25) is 0 Å². The Bertz CT molecular complexity index is 729. The average molecular weight is 313 g/mol. The predicted octanol–water partition coefficient (Wildman–Crippen LogP) is 5.28. The lowest BCUT2D eigenvalue weighted by atomic mass is 9.86.